The van der Waals surface area contributed by atoms with Gasteiger partial charge in [0.2, 0.25) is 0 Å². The fraction of sp³-hybridized carbons (Fsp3) is 0.529. The molecule has 3 aliphatic heterocycles. The maximum absolute atomic E-state index is 13.7. The number of carbonyl (C=O) groups excluding carboxylic acids is 2. The lowest BCUT2D eigenvalue weighted by molar-refractivity contribution is -0.140. The Labute approximate surface area is 251 Å². The summed E-state index contributed by atoms with van der Waals surface area (Å²) in [7, 11) is 0. The Hall–Kier alpha value is -3.56. The first-order valence-electron chi connectivity index (χ1n) is 16.0. The van der Waals surface area contributed by atoms with Gasteiger partial charge < -0.3 is 24.2 Å². The number of benzene rings is 1. The highest BCUT2D eigenvalue weighted by Gasteiger charge is 2.43. The second kappa shape index (κ2) is 10.9. The Morgan fingerprint density at radius 3 is 2.51 bits per heavy atom. The van der Waals surface area contributed by atoms with E-state index in [0.29, 0.717) is 66.8 Å². The van der Waals surface area contributed by atoms with Gasteiger partial charge in [0.05, 0.1) is 23.4 Å². The van der Waals surface area contributed by atoms with Crippen LogP contribution in [0.3, 0.4) is 0 Å². The van der Waals surface area contributed by atoms with E-state index in [1.165, 1.54) is 32.4 Å². The van der Waals surface area contributed by atoms with Crippen LogP contribution in [0.25, 0.3) is 22.3 Å². The average Bonchev–Trinajstić information content (AvgIpc) is 3.41. The lowest BCUT2D eigenvalue weighted by atomic mass is 9.77. The van der Waals surface area contributed by atoms with Crippen LogP contribution < -0.4 is 10.3 Å². The number of hydrogen-bond acceptors (Lipinski definition) is 7. The van der Waals surface area contributed by atoms with E-state index >= 15 is 0 Å². The van der Waals surface area contributed by atoms with Crippen molar-refractivity contribution in [2.45, 2.75) is 89.8 Å². The molecule has 1 aliphatic carbocycles. The molecule has 0 saturated carbocycles. The molecule has 4 aliphatic rings. The summed E-state index contributed by atoms with van der Waals surface area (Å²) in [4.78, 5) is 48.9. The van der Waals surface area contributed by atoms with Gasteiger partial charge in [0.1, 0.15) is 11.4 Å². The smallest absolute Gasteiger partial charge is 0.410 e. The number of Topliss-reactive ketones (excluding diaryl/α,β-unsaturated/α-hetero) is 1. The summed E-state index contributed by atoms with van der Waals surface area (Å²) in [6.07, 6.45) is 6.96. The minimum absolute atomic E-state index is 0.158. The molecule has 1 N–H and O–H groups in total. The van der Waals surface area contributed by atoms with E-state index in [2.05, 4.69) is 11.8 Å². The molecule has 7 rings (SSSR count). The largest absolute Gasteiger partial charge is 0.415 e. The van der Waals surface area contributed by atoms with Gasteiger partial charge in [-0.05, 0) is 87.9 Å². The number of fused-ring (bicyclic) bond motifs is 5. The number of aryl methyl sites for hydroxylation is 1. The van der Waals surface area contributed by atoms with Crippen LogP contribution in [0.4, 0.5) is 4.79 Å². The Bertz CT molecular complexity index is 1680. The fourth-order valence-electron chi connectivity index (χ4n) is 7.85. The Balaban J connectivity index is 1.16. The van der Waals surface area contributed by atoms with Crippen molar-refractivity contribution in [3.05, 3.63) is 56.9 Å². The second-order valence-electron chi connectivity index (χ2n) is 12.6. The average molecular weight is 585 g/mol. The molecule has 0 spiro atoms. The highest BCUT2D eigenvalue weighted by atomic mass is 16.6. The first kappa shape index (κ1) is 28.2. The monoisotopic (exact) mass is 584 g/mol. The van der Waals surface area contributed by atoms with Crippen molar-refractivity contribution < 1.29 is 19.4 Å². The lowest BCUT2D eigenvalue weighted by Gasteiger charge is -2.39. The molecular weight excluding hydrogens is 544 g/mol. The number of rotatable bonds is 4. The minimum Gasteiger partial charge on any atom is -0.410 e. The molecule has 5 heterocycles. The minimum atomic E-state index is -1.64. The fourth-order valence-corrected chi connectivity index (χ4v) is 7.85. The standard InChI is InChI=1S/C34H40N4O5/c1-3-23-25-18-22(43-33(41)37-16-12-21(13-17-37)36-14-6-5-7-15-36)8-10-28(25)35-31-26(23)20-38-29(31)19-27-24(32(38)40)9-11-30(39)34(27,42)4-2/h8,10,18-19,21,42H,3-7,9,11-17,20H2,1-2H3/t34-/m1/s1. The number of piperidine rings is 2. The number of likely N-dealkylation sites (tertiary alicyclic amines) is 2. The van der Waals surface area contributed by atoms with Crippen LogP contribution in [0.15, 0.2) is 29.1 Å². The van der Waals surface area contributed by atoms with E-state index in [-0.39, 0.29) is 30.3 Å². The number of nitrogens with zero attached hydrogens (tertiary/aromatic N) is 4. The van der Waals surface area contributed by atoms with Crippen LogP contribution in [0.5, 0.6) is 5.75 Å². The van der Waals surface area contributed by atoms with E-state index < -0.39 is 5.60 Å². The molecule has 43 heavy (non-hydrogen) atoms. The van der Waals surface area contributed by atoms with E-state index in [0.717, 1.165) is 34.9 Å². The SMILES string of the molecule is CCc1c2c(nc3ccc(OC(=O)N4CCC(N5CCCCC5)CC4)cc13)-c1cc3c(c(=O)n1C2)CCC(=O)[C@@]3(O)CC. The van der Waals surface area contributed by atoms with Gasteiger partial charge in [0.25, 0.3) is 5.56 Å². The molecule has 0 radical (unpaired) electrons. The molecule has 9 heteroatoms. The highest BCUT2D eigenvalue weighted by Crippen LogP contribution is 2.41. The molecule has 1 aromatic carbocycles. The molecule has 1 atom stereocenters. The summed E-state index contributed by atoms with van der Waals surface area (Å²) in [5.74, 6) is 0.251. The topological polar surface area (TPSA) is 105 Å². The predicted octanol–water partition coefficient (Wildman–Crippen LogP) is 4.55. The van der Waals surface area contributed by atoms with Gasteiger partial charge in [0, 0.05) is 47.6 Å². The van der Waals surface area contributed by atoms with Crippen molar-refractivity contribution in [3.63, 3.8) is 0 Å². The van der Waals surface area contributed by atoms with Crippen LogP contribution >= 0.6 is 0 Å². The molecular formula is C34H40N4O5. The van der Waals surface area contributed by atoms with Crippen molar-refractivity contribution >= 4 is 22.8 Å². The number of pyridine rings is 2. The molecule has 0 bridgehead atoms. The van der Waals surface area contributed by atoms with E-state index in [9.17, 15) is 19.5 Å². The number of aliphatic hydroxyl groups is 1. The third kappa shape index (κ3) is 4.59. The predicted molar refractivity (Wildman–Crippen MR) is 163 cm³/mol. The van der Waals surface area contributed by atoms with Crippen molar-refractivity contribution in [1.82, 2.24) is 19.4 Å². The quantitative estimate of drug-likeness (QED) is 0.375. The number of hydrogen-bond donors (Lipinski definition) is 1. The van der Waals surface area contributed by atoms with Gasteiger partial charge in [-0.1, -0.05) is 20.3 Å². The zero-order valence-corrected chi connectivity index (χ0v) is 25.2. The van der Waals surface area contributed by atoms with Crippen LogP contribution in [0, 0.1) is 0 Å². The normalized spacial score (nSPS) is 22.4. The second-order valence-corrected chi connectivity index (χ2v) is 12.6. The lowest BCUT2D eigenvalue weighted by Crippen LogP contribution is -2.48. The van der Waals surface area contributed by atoms with E-state index in [4.69, 9.17) is 9.72 Å². The van der Waals surface area contributed by atoms with Gasteiger partial charge in [-0.2, -0.15) is 0 Å². The Kier molecular flexibility index (Phi) is 7.13. The van der Waals surface area contributed by atoms with Crippen LogP contribution in [0.2, 0.25) is 0 Å². The number of aromatic nitrogens is 2. The third-order valence-corrected chi connectivity index (χ3v) is 10.3. The molecule has 0 unspecified atom stereocenters. The van der Waals surface area contributed by atoms with Crippen molar-refractivity contribution in [1.29, 1.82) is 0 Å². The van der Waals surface area contributed by atoms with Gasteiger partial charge in [-0.3, -0.25) is 9.59 Å². The van der Waals surface area contributed by atoms with Gasteiger partial charge in [-0.25, -0.2) is 9.78 Å². The molecule has 3 aromatic rings. The van der Waals surface area contributed by atoms with Crippen LogP contribution in [0.1, 0.15) is 81.0 Å². The molecule has 2 aromatic heterocycles. The summed E-state index contributed by atoms with van der Waals surface area (Å²) in [6, 6.07) is 7.91. The zero-order chi connectivity index (χ0) is 29.9. The Morgan fingerprint density at radius 1 is 1.02 bits per heavy atom. The summed E-state index contributed by atoms with van der Waals surface area (Å²) < 4.78 is 7.62. The zero-order valence-electron chi connectivity index (χ0n) is 25.2. The maximum Gasteiger partial charge on any atom is 0.415 e. The number of ketones is 1. The van der Waals surface area contributed by atoms with Crippen LogP contribution in [-0.4, -0.2) is 68.6 Å². The molecule has 2 saturated heterocycles. The maximum atomic E-state index is 13.7. The summed E-state index contributed by atoms with van der Waals surface area (Å²) in [6.45, 7) is 7.99. The van der Waals surface area contributed by atoms with Crippen molar-refractivity contribution in [3.8, 4) is 17.1 Å². The molecule has 2 fully saturated rings. The molecule has 9 nitrogen and oxygen atoms in total. The van der Waals surface area contributed by atoms with Crippen LogP contribution in [-0.2, 0) is 29.8 Å². The van der Waals surface area contributed by atoms with E-state index in [1.54, 1.807) is 17.6 Å². The number of carbonyl (C=O) groups is 2. The first-order chi connectivity index (χ1) is 20.8. The Morgan fingerprint density at radius 2 is 1.79 bits per heavy atom. The van der Waals surface area contributed by atoms with Crippen molar-refractivity contribution in [2.24, 2.45) is 0 Å². The first-order valence-corrected chi connectivity index (χ1v) is 16.0. The summed E-state index contributed by atoms with van der Waals surface area (Å²) in [5, 5.41) is 12.2. The number of amides is 1. The van der Waals surface area contributed by atoms with Crippen molar-refractivity contribution in [2.75, 3.05) is 26.2 Å². The summed E-state index contributed by atoms with van der Waals surface area (Å²) in [5.41, 5.74) is 3.27. The summed E-state index contributed by atoms with van der Waals surface area (Å²) >= 11 is 0. The molecule has 1 amide bonds. The number of ether oxygens (including phenoxy) is 1. The molecule has 226 valence electrons. The van der Waals surface area contributed by atoms with E-state index in [1.807, 2.05) is 23.1 Å². The van der Waals surface area contributed by atoms with Gasteiger partial charge in [-0.15, -0.1) is 0 Å². The van der Waals surface area contributed by atoms with Gasteiger partial charge in [0.15, 0.2) is 5.78 Å². The third-order valence-electron chi connectivity index (χ3n) is 10.3. The highest BCUT2D eigenvalue weighted by molar-refractivity contribution is 5.92. The van der Waals surface area contributed by atoms with Gasteiger partial charge >= 0.3 is 6.09 Å².